The van der Waals surface area contributed by atoms with E-state index in [1.54, 1.807) is 0 Å². The van der Waals surface area contributed by atoms with Gasteiger partial charge in [0.25, 0.3) is 0 Å². The van der Waals surface area contributed by atoms with Crippen LogP contribution in [0, 0.1) is 5.41 Å². The Hall–Kier alpha value is 0.447. The van der Waals surface area contributed by atoms with E-state index >= 15 is 0 Å². The van der Waals surface area contributed by atoms with Gasteiger partial charge in [-0.05, 0) is 38.4 Å². The first kappa shape index (κ1) is 17.4. The molecule has 0 amide bonds. The van der Waals surface area contributed by atoms with Crippen LogP contribution in [0.25, 0.3) is 0 Å². The molecule has 0 saturated carbocycles. The molecule has 0 unspecified atom stereocenters. The fraction of sp³-hybridized carbons (Fsp3) is 1.00. The average Bonchev–Trinajstić information content (AvgIpc) is 2.28. The lowest BCUT2D eigenvalue weighted by molar-refractivity contribution is 0.0683. The highest BCUT2D eigenvalue weighted by molar-refractivity contribution is 7.80. The molecule has 0 fully saturated rings. The van der Waals surface area contributed by atoms with Crippen molar-refractivity contribution >= 4 is 21.4 Å². The van der Waals surface area contributed by atoms with E-state index in [2.05, 4.69) is 26.5 Å². The van der Waals surface area contributed by atoms with Crippen molar-refractivity contribution in [1.82, 2.24) is 0 Å². The van der Waals surface area contributed by atoms with Crippen molar-refractivity contribution in [2.24, 2.45) is 5.41 Å². The lowest BCUT2D eigenvalue weighted by Crippen LogP contribution is -2.46. The maximum Gasteiger partial charge on any atom is 0.500 e. The number of rotatable bonds is 10. The van der Waals surface area contributed by atoms with Gasteiger partial charge in [-0.15, -0.1) is 0 Å². The average molecular weight is 281 g/mol. The van der Waals surface area contributed by atoms with E-state index in [0.717, 1.165) is 18.2 Å². The molecule has 0 aliphatic heterocycles. The van der Waals surface area contributed by atoms with Crippen molar-refractivity contribution in [3.05, 3.63) is 0 Å². The Bertz CT molecular complexity index is 183. The molecule has 0 spiro atoms. The molecule has 0 heterocycles. The molecule has 3 nitrogen and oxygen atoms in total. The van der Waals surface area contributed by atoms with Gasteiger partial charge in [0.05, 0.1) is 0 Å². The number of hydrogen-bond acceptors (Lipinski definition) is 4. The van der Waals surface area contributed by atoms with Gasteiger partial charge in [-0.3, -0.25) is 0 Å². The van der Waals surface area contributed by atoms with E-state index in [1.807, 2.05) is 20.8 Å². The summed E-state index contributed by atoms with van der Waals surface area (Å²) in [7, 11) is -2.46. The van der Waals surface area contributed by atoms with Gasteiger partial charge in [0.1, 0.15) is 0 Å². The van der Waals surface area contributed by atoms with Crippen LogP contribution in [0.2, 0.25) is 6.04 Å². The summed E-state index contributed by atoms with van der Waals surface area (Å²) in [6.07, 6.45) is 1.02. The highest BCUT2D eigenvalue weighted by Crippen LogP contribution is 2.29. The summed E-state index contributed by atoms with van der Waals surface area (Å²) in [4.78, 5) is 0. The van der Waals surface area contributed by atoms with Gasteiger partial charge in [0.15, 0.2) is 0 Å². The summed E-state index contributed by atoms with van der Waals surface area (Å²) >= 11 is 4.38. The summed E-state index contributed by atoms with van der Waals surface area (Å²) < 4.78 is 17.5. The van der Waals surface area contributed by atoms with Crippen LogP contribution in [0.3, 0.4) is 0 Å². The van der Waals surface area contributed by atoms with E-state index in [9.17, 15) is 0 Å². The van der Waals surface area contributed by atoms with Gasteiger partial charge >= 0.3 is 8.80 Å². The second-order valence-corrected chi connectivity index (χ2v) is 7.85. The second-order valence-electron chi connectivity index (χ2n) is 4.80. The fourth-order valence-electron chi connectivity index (χ4n) is 1.57. The zero-order valence-electron chi connectivity index (χ0n) is 11.9. The molecule has 0 N–H and O–H groups in total. The summed E-state index contributed by atoms with van der Waals surface area (Å²) in [6, 6.07) is 0.871. The van der Waals surface area contributed by atoms with Crippen LogP contribution >= 0.6 is 12.6 Å². The minimum absolute atomic E-state index is 0.201. The Morgan fingerprint density at radius 3 is 1.65 bits per heavy atom. The second kappa shape index (κ2) is 8.53. The number of thiol groups is 1. The van der Waals surface area contributed by atoms with Gasteiger partial charge in [-0.1, -0.05) is 13.8 Å². The van der Waals surface area contributed by atoms with Crippen LogP contribution in [-0.2, 0) is 13.3 Å². The molecular weight excluding hydrogens is 252 g/mol. The quantitative estimate of drug-likeness (QED) is 0.491. The third kappa shape index (κ3) is 6.81. The maximum absolute atomic E-state index is 5.82. The maximum atomic E-state index is 5.82. The van der Waals surface area contributed by atoms with Crippen LogP contribution in [-0.4, -0.2) is 34.4 Å². The van der Waals surface area contributed by atoms with Crippen LogP contribution in [0.15, 0.2) is 0 Å². The molecule has 0 saturated heterocycles. The molecular formula is C12H28O3SSi. The minimum atomic E-state index is -2.46. The Morgan fingerprint density at radius 2 is 1.35 bits per heavy atom. The molecule has 0 aromatic rings. The fourth-order valence-corrected chi connectivity index (χ4v) is 4.72. The van der Waals surface area contributed by atoms with Gasteiger partial charge in [0, 0.05) is 25.9 Å². The van der Waals surface area contributed by atoms with Gasteiger partial charge in [0.2, 0.25) is 0 Å². The van der Waals surface area contributed by atoms with Crippen molar-refractivity contribution in [1.29, 1.82) is 0 Å². The van der Waals surface area contributed by atoms with Crippen molar-refractivity contribution in [2.45, 2.75) is 47.1 Å². The van der Waals surface area contributed by atoms with E-state index < -0.39 is 8.80 Å². The smallest absolute Gasteiger partial charge is 0.374 e. The zero-order chi connectivity index (χ0) is 13.4. The topological polar surface area (TPSA) is 27.7 Å². The molecule has 0 aliphatic rings. The first-order valence-corrected chi connectivity index (χ1v) is 9.04. The highest BCUT2D eigenvalue weighted by Gasteiger charge is 2.41. The van der Waals surface area contributed by atoms with Crippen molar-refractivity contribution in [3.63, 3.8) is 0 Å². The van der Waals surface area contributed by atoms with Crippen LogP contribution in [0.5, 0.6) is 0 Å². The van der Waals surface area contributed by atoms with Crippen LogP contribution < -0.4 is 0 Å². The molecule has 0 atom stereocenters. The summed E-state index contributed by atoms with van der Waals surface area (Å²) in [5, 5.41) is 0. The van der Waals surface area contributed by atoms with E-state index in [-0.39, 0.29) is 5.41 Å². The summed E-state index contributed by atoms with van der Waals surface area (Å²) in [6.45, 7) is 12.3. The SMILES string of the molecule is CCO[Si](CCC(C)(C)CS)(OCC)OCC. The first-order chi connectivity index (χ1) is 7.95. The van der Waals surface area contributed by atoms with Crippen molar-refractivity contribution < 1.29 is 13.3 Å². The molecule has 104 valence electrons. The Labute approximate surface area is 113 Å². The molecule has 0 radical (unpaired) electrons. The van der Waals surface area contributed by atoms with Crippen molar-refractivity contribution in [2.75, 3.05) is 25.6 Å². The van der Waals surface area contributed by atoms with E-state index in [1.165, 1.54) is 0 Å². The highest BCUT2D eigenvalue weighted by atomic mass is 32.1. The minimum Gasteiger partial charge on any atom is -0.374 e. The molecule has 5 heteroatoms. The lowest BCUT2D eigenvalue weighted by atomic mass is 9.93. The zero-order valence-corrected chi connectivity index (χ0v) is 13.8. The van der Waals surface area contributed by atoms with Crippen LogP contribution in [0.1, 0.15) is 41.0 Å². The molecule has 0 aromatic carbocycles. The van der Waals surface area contributed by atoms with E-state index in [0.29, 0.717) is 19.8 Å². The Kier molecular flexibility index (Phi) is 8.76. The number of hydrogen-bond donors (Lipinski definition) is 1. The van der Waals surface area contributed by atoms with Gasteiger partial charge in [-0.25, -0.2) is 0 Å². The predicted molar refractivity (Wildman–Crippen MR) is 77.7 cm³/mol. The first-order valence-electron chi connectivity index (χ1n) is 6.48. The van der Waals surface area contributed by atoms with Gasteiger partial charge < -0.3 is 13.3 Å². The predicted octanol–water partition coefficient (Wildman–Crippen LogP) is 3.38. The lowest BCUT2D eigenvalue weighted by Gasteiger charge is -2.31. The molecule has 0 aromatic heterocycles. The third-order valence-corrected chi connectivity index (χ3v) is 6.53. The summed E-state index contributed by atoms with van der Waals surface area (Å²) in [5.41, 5.74) is 0.201. The normalized spacial score (nSPS) is 13.1. The Morgan fingerprint density at radius 1 is 0.941 bits per heavy atom. The Balaban J connectivity index is 4.53. The molecule has 0 aliphatic carbocycles. The molecule has 0 rings (SSSR count). The monoisotopic (exact) mass is 280 g/mol. The van der Waals surface area contributed by atoms with E-state index in [4.69, 9.17) is 13.3 Å². The molecule has 17 heavy (non-hydrogen) atoms. The summed E-state index contributed by atoms with van der Waals surface area (Å²) in [5.74, 6) is 0.863. The van der Waals surface area contributed by atoms with Crippen LogP contribution in [0.4, 0.5) is 0 Å². The third-order valence-electron chi connectivity index (χ3n) is 2.63. The largest absolute Gasteiger partial charge is 0.500 e. The van der Waals surface area contributed by atoms with Crippen molar-refractivity contribution in [3.8, 4) is 0 Å². The standard InChI is InChI=1S/C12H28O3SSi/c1-6-13-17(14-7-2,15-8-3)10-9-12(4,5)11-16/h16H,6-11H2,1-5H3. The molecule has 0 bridgehead atoms. The van der Waals surface area contributed by atoms with Gasteiger partial charge in [-0.2, -0.15) is 12.6 Å².